The third kappa shape index (κ3) is 5.31. The Morgan fingerprint density at radius 3 is 2.47 bits per heavy atom. The van der Waals surface area contributed by atoms with Crippen LogP contribution in [-0.4, -0.2) is 53.4 Å². The standard InChI is InChI=1S/C22H22N2O6S2/c25-20(10-11-21(26)27)23-22-24(18-13-32(28,29)14-19(18)31-22)16-6-8-17(9-7-16)30-12-15-4-2-1-3-5-15/h1-9,18-19H,10-14H2,(H,26,27)/t18-,19+/m1/s1. The van der Waals surface area contributed by atoms with Gasteiger partial charge in [-0.1, -0.05) is 42.1 Å². The number of carboxylic acid groups (broad SMARTS) is 1. The largest absolute Gasteiger partial charge is 0.489 e. The summed E-state index contributed by atoms with van der Waals surface area (Å²) in [5, 5.41) is 8.97. The van der Waals surface area contributed by atoms with Gasteiger partial charge in [-0.2, -0.15) is 4.99 Å². The van der Waals surface area contributed by atoms with Crippen molar-refractivity contribution < 1.29 is 27.9 Å². The van der Waals surface area contributed by atoms with Crippen molar-refractivity contribution >= 4 is 44.3 Å². The first-order chi connectivity index (χ1) is 15.3. The lowest BCUT2D eigenvalue weighted by molar-refractivity contribution is -0.138. The van der Waals surface area contributed by atoms with E-state index in [1.165, 1.54) is 11.8 Å². The number of carboxylic acids is 1. The Hall–Kier alpha value is -2.85. The van der Waals surface area contributed by atoms with E-state index in [2.05, 4.69) is 4.99 Å². The number of ether oxygens (including phenoxy) is 1. The van der Waals surface area contributed by atoms with Crippen LogP contribution in [-0.2, 0) is 26.0 Å². The van der Waals surface area contributed by atoms with Gasteiger partial charge in [0.05, 0.1) is 24.0 Å². The molecule has 0 spiro atoms. The third-order valence-electron chi connectivity index (χ3n) is 5.20. The second-order valence-electron chi connectivity index (χ2n) is 7.62. The Morgan fingerprint density at radius 2 is 1.78 bits per heavy atom. The van der Waals surface area contributed by atoms with Gasteiger partial charge in [0, 0.05) is 17.4 Å². The van der Waals surface area contributed by atoms with E-state index in [-0.39, 0.29) is 35.6 Å². The van der Waals surface area contributed by atoms with Crippen LogP contribution in [0, 0.1) is 0 Å². The first-order valence-corrected chi connectivity index (χ1v) is 12.8. The van der Waals surface area contributed by atoms with Gasteiger partial charge in [0.15, 0.2) is 15.0 Å². The third-order valence-corrected chi connectivity index (χ3v) is 8.41. The van der Waals surface area contributed by atoms with Crippen molar-refractivity contribution in [3.63, 3.8) is 0 Å². The molecule has 4 rings (SSSR count). The van der Waals surface area contributed by atoms with Crippen LogP contribution < -0.4 is 9.64 Å². The van der Waals surface area contributed by atoms with Crippen LogP contribution in [0.25, 0.3) is 0 Å². The molecule has 2 aliphatic rings. The van der Waals surface area contributed by atoms with Crippen molar-refractivity contribution in [2.24, 2.45) is 4.99 Å². The highest BCUT2D eigenvalue weighted by Crippen LogP contribution is 2.41. The molecular formula is C22H22N2O6S2. The number of aliphatic imine (C=N–C) groups is 1. The van der Waals surface area contributed by atoms with Gasteiger partial charge in [-0.05, 0) is 29.8 Å². The van der Waals surface area contributed by atoms with Crippen molar-refractivity contribution in [1.29, 1.82) is 0 Å². The van der Waals surface area contributed by atoms with Crippen molar-refractivity contribution in [3.8, 4) is 5.75 Å². The maximum absolute atomic E-state index is 12.2. The minimum atomic E-state index is -3.17. The molecule has 8 nitrogen and oxygen atoms in total. The number of thioether (sulfide) groups is 1. The first kappa shape index (κ1) is 22.3. The van der Waals surface area contributed by atoms with Crippen molar-refractivity contribution in [1.82, 2.24) is 0 Å². The van der Waals surface area contributed by atoms with E-state index in [0.29, 0.717) is 23.2 Å². The summed E-state index contributed by atoms with van der Waals surface area (Å²) in [5.74, 6) is -0.927. The minimum Gasteiger partial charge on any atom is -0.489 e. The molecule has 168 valence electrons. The van der Waals surface area contributed by atoms with Crippen LogP contribution in [0.1, 0.15) is 18.4 Å². The lowest BCUT2D eigenvalue weighted by Crippen LogP contribution is -2.37. The molecule has 2 aromatic rings. The number of nitrogens with zero attached hydrogens (tertiary/aromatic N) is 2. The molecule has 0 bridgehead atoms. The second kappa shape index (κ2) is 9.33. The number of amidine groups is 1. The SMILES string of the molecule is O=C(O)CCC(=O)N=C1S[C@H]2CS(=O)(=O)C[C@H]2N1c1ccc(OCc2ccccc2)cc1. The zero-order chi connectivity index (χ0) is 22.7. The van der Waals surface area contributed by atoms with Crippen LogP contribution in [0.3, 0.4) is 0 Å². The quantitative estimate of drug-likeness (QED) is 0.652. The smallest absolute Gasteiger partial charge is 0.303 e. The average molecular weight is 475 g/mol. The van der Waals surface area contributed by atoms with E-state index < -0.39 is 21.7 Å². The predicted octanol–water partition coefficient (Wildman–Crippen LogP) is 2.73. The summed E-state index contributed by atoms with van der Waals surface area (Å²) in [4.78, 5) is 28.8. The van der Waals surface area contributed by atoms with Crippen LogP contribution >= 0.6 is 11.8 Å². The Morgan fingerprint density at radius 1 is 1.06 bits per heavy atom. The highest BCUT2D eigenvalue weighted by Gasteiger charge is 2.49. The van der Waals surface area contributed by atoms with E-state index in [0.717, 1.165) is 5.56 Å². The fourth-order valence-corrected chi connectivity index (χ4v) is 7.62. The molecule has 1 amide bonds. The summed E-state index contributed by atoms with van der Waals surface area (Å²) >= 11 is 1.26. The number of carbonyl (C=O) groups excluding carboxylic acids is 1. The minimum absolute atomic E-state index is 0.0146. The molecule has 2 heterocycles. The van der Waals surface area contributed by atoms with Crippen molar-refractivity contribution in [2.45, 2.75) is 30.7 Å². The topological polar surface area (TPSA) is 113 Å². The van der Waals surface area contributed by atoms with Gasteiger partial charge in [0.2, 0.25) is 5.91 Å². The molecule has 32 heavy (non-hydrogen) atoms. The Kier molecular flexibility index (Phi) is 6.52. The molecule has 0 saturated carbocycles. The normalized spacial score (nSPS) is 22.6. The monoisotopic (exact) mass is 474 g/mol. The summed E-state index contributed by atoms with van der Waals surface area (Å²) in [7, 11) is -3.17. The maximum atomic E-state index is 12.2. The zero-order valence-corrected chi connectivity index (χ0v) is 18.7. The van der Waals surface area contributed by atoms with E-state index in [1.807, 2.05) is 42.5 Å². The number of rotatable bonds is 7. The van der Waals surface area contributed by atoms with Crippen LogP contribution in [0.2, 0.25) is 0 Å². The molecule has 2 aliphatic heterocycles. The van der Waals surface area contributed by atoms with Crippen molar-refractivity contribution in [2.75, 3.05) is 16.4 Å². The fraction of sp³-hybridized carbons (Fsp3) is 0.318. The number of fused-ring (bicyclic) bond motifs is 1. The van der Waals surface area contributed by atoms with Gasteiger partial charge in [0.25, 0.3) is 0 Å². The molecule has 2 aromatic carbocycles. The van der Waals surface area contributed by atoms with Gasteiger partial charge >= 0.3 is 5.97 Å². The molecule has 2 saturated heterocycles. The molecule has 1 N–H and O–H groups in total. The number of aliphatic carboxylic acids is 1. The Bertz CT molecular complexity index is 1130. The van der Waals surface area contributed by atoms with Gasteiger partial charge < -0.3 is 14.7 Å². The molecule has 2 fully saturated rings. The lowest BCUT2D eigenvalue weighted by atomic mass is 10.2. The number of anilines is 1. The van der Waals surface area contributed by atoms with Crippen LogP contribution in [0.15, 0.2) is 59.6 Å². The number of sulfone groups is 1. The summed E-state index contributed by atoms with van der Waals surface area (Å²) < 4.78 is 30.2. The van der Waals surface area contributed by atoms with Gasteiger partial charge in [-0.25, -0.2) is 8.42 Å². The second-order valence-corrected chi connectivity index (χ2v) is 11.0. The van der Waals surface area contributed by atoms with E-state index in [1.54, 1.807) is 17.0 Å². The average Bonchev–Trinajstić information content (AvgIpc) is 3.22. The highest BCUT2D eigenvalue weighted by molar-refractivity contribution is 8.16. The van der Waals surface area contributed by atoms with E-state index in [9.17, 15) is 18.0 Å². The van der Waals surface area contributed by atoms with E-state index in [4.69, 9.17) is 9.84 Å². The predicted molar refractivity (Wildman–Crippen MR) is 123 cm³/mol. The van der Waals surface area contributed by atoms with E-state index >= 15 is 0 Å². The summed E-state index contributed by atoms with van der Waals surface area (Å²) in [5.41, 5.74) is 1.75. The molecule has 10 heteroatoms. The molecular weight excluding hydrogens is 452 g/mol. The number of carbonyl (C=O) groups is 2. The van der Waals surface area contributed by atoms with Crippen molar-refractivity contribution in [3.05, 3.63) is 60.2 Å². The molecule has 0 aliphatic carbocycles. The first-order valence-electron chi connectivity index (χ1n) is 10.1. The Balaban J connectivity index is 1.53. The molecule has 0 aromatic heterocycles. The number of amides is 1. The molecule has 0 unspecified atom stereocenters. The maximum Gasteiger partial charge on any atom is 0.303 e. The van der Waals surface area contributed by atoms with Crippen LogP contribution in [0.4, 0.5) is 5.69 Å². The summed E-state index contributed by atoms with van der Waals surface area (Å²) in [6.07, 6.45) is -0.498. The Labute approximate surface area is 190 Å². The number of hydrogen-bond donors (Lipinski definition) is 1. The lowest BCUT2D eigenvalue weighted by Gasteiger charge is -2.24. The van der Waals surface area contributed by atoms with Crippen LogP contribution in [0.5, 0.6) is 5.75 Å². The highest BCUT2D eigenvalue weighted by atomic mass is 32.2. The van der Waals surface area contributed by atoms with Gasteiger partial charge in [-0.15, -0.1) is 0 Å². The number of benzene rings is 2. The van der Waals surface area contributed by atoms with Gasteiger partial charge in [-0.3, -0.25) is 9.59 Å². The van der Waals surface area contributed by atoms with Gasteiger partial charge in [0.1, 0.15) is 12.4 Å². The summed E-state index contributed by atoms with van der Waals surface area (Å²) in [6.45, 7) is 0.424. The molecule has 2 atom stereocenters. The summed E-state index contributed by atoms with van der Waals surface area (Å²) in [6, 6.07) is 16.7. The zero-order valence-electron chi connectivity index (χ0n) is 17.1. The fourth-order valence-electron chi connectivity index (χ4n) is 3.69. The molecule has 0 radical (unpaired) electrons. The number of hydrogen-bond acceptors (Lipinski definition) is 6.